The second kappa shape index (κ2) is 6.29. The summed E-state index contributed by atoms with van der Waals surface area (Å²) in [6, 6.07) is 9.59. The Morgan fingerprint density at radius 3 is 2.29 bits per heavy atom. The van der Waals surface area contributed by atoms with Crippen LogP contribution in [0.25, 0.3) is 0 Å². The topological polar surface area (TPSA) is 66.5 Å². The molecule has 1 amide bonds. The van der Waals surface area contributed by atoms with E-state index in [-0.39, 0.29) is 18.7 Å². The zero-order chi connectivity index (χ0) is 17.3. The molecular weight excluding hydrogens is 338 g/mol. The van der Waals surface area contributed by atoms with Gasteiger partial charge in [-0.15, -0.1) is 0 Å². The number of carbonyl (C=O) groups is 1. The highest BCUT2D eigenvalue weighted by atomic mass is 32.2. The lowest BCUT2D eigenvalue weighted by molar-refractivity contribution is -0.118. The van der Waals surface area contributed by atoms with Gasteiger partial charge in [-0.25, -0.2) is 17.2 Å². The van der Waals surface area contributed by atoms with Crippen LogP contribution in [-0.2, 0) is 14.8 Å². The summed E-state index contributed by atoms with van der Waals surface area (Å²) in [5.74, 6) is -2.04. The zero-order valence-corrected chi connectivity index (χ0v) is 13.3. The molecule has 5 nitrogen and oxygen atoms in total. The summed E-state index contributed by atoms with van der Waals surface area (Å²) in [6.07, 6.45) is 0.168. The van der Waals surface area contributed by atoms with Crippen molar-refractivity contribution in [1.29, 1.82) is 0 Å². The molecule has 1 fully saturated rings. The van der Waals surface area contributed by atoms with Crippen molar-refractivity contribution in [3.05, 3.63) is 60.2 Å². The van der Waals surface area contributed by atoms with Crippen LogP contribution in [-0.4, -0.2) is 26.9 Å². The third-order valence-corrected chi connectivity index (χ3v) is 5.28. The minimum atomic E-state index is -4.19. The number of sulfonamides is 1. The molecule has 1 heterocycles. The van der Waals surface area contributed by atoms with Crippen LogP contribution in [0.15, 0.2) is 53.4 Å². The smallest absolute Gasteiger partial charge is 0.245 e. The van der Waals surface area contributed by atoms with Gasteiger partial charge in [-0.3, -0.25) is 4.79 Å². The molecule has 2 aromatic rings. The Balaban J connectivity index is 1.82. The average molecular weight is 352 g/mol. The third-order valence-electron chi connectivity index (χ3n) is 3.77. The Bertz CT molecular complexity index is 886. The van der Waals surface area contributed by atoms with Crippen molar-refractivity contribution < 1.29 is 22.0 Å². The molecule has 126 valence electrons. The lowest BCUT2D eigenvalue weighted by atomic mass is 10.2. The van der Waals surface area contributed by atoms with Gasteiger partial charge >= 0.3 is 0 Å². The maximum Gasteiger partial charge on any atom is 0.245 e. The van der Waals surface area contributed by atoms with E-state index >= 15 is 0 Å². The van der Waals surface area contributed by atoms with Crippen molar-refractivity contribution >= 4 is 21.6 Å². The number of para-hydroxylation sites is 1. The van der Waals surface area contributed by atoms with Crippen LogP contribution in [0.2, 0.25) is 0 Å². The number of hydrogen-bond donors (Lipinski definition) is 1. The first kappa shape index (κ1) is 16.5. The van der Waals surface area contributed by atoms with E-state index in [0.717, 1.165) is 12.1 Å². The molecule has 0 saturated carbocycles. The molecule has 1 N–H and O–H groups in total. The summed E-state index contributed by atoms with van der Waals surface area (Å²) in [4.78, 5) is 13.0. The molecule has 0 spiro atoms. The van der Waals surface area contributed by atoms with Gasteiger partial charge in [0.1, 0.15) is 22.6 Å². The number of hydrogen-bond acceptors (Lipinski definition) is 3. The molecule has 3 rings (SSSR count). The summed E-state index contributed by atoms with van der Waals surface area (Å²) in [6.45, 7) is 0.171. The average Bonchev–Trinajstić information content (AvgIpc) is 2.88. The first-order valence-corrected chi connectivity index (χ1v) is 8.71. The van der Waals surface area contributed by atoms with Gasteiger partial charge in [-0.1, -0.05) is 24.3 Å². The predicted octanol–water partition coefficient (Wildman–Crippen LogP) is 2.05. The normalized spacial score (nSPS) is 18.2. The van der Waals surface area contributed by atoms with Crippen LogP contribution in [0, 0.1) is 11.6 Å². The summed E-state index contributed by atoms with van der Waals surface area (Å²) in [7, 11) is -4.19. The van der Waals surface area contributed by atoms with E-state index in [9.17, 15) is 22.0 Å². The van der Waals surface area contributed by atoms with E-state index in [4.69, 9.17) is 0 Å². The van der Waals surface area contributed by atoms with Crippen molar-refractivity contribution in [2.24, 2.45) is 0 Å². The molecule has 1 aliphatic heterocycles. The van der Waals surface area contributed by atoms with Gasteiger partial charge in [-0.2, -0.15) is 4.72 Å². The zero-order valence-electron chi connectivity index (χ0n) is 12.4. The van der Waals surface area contributed by atoms with Crippen LogP contribution < -0.4 is 9.62 Å². The maximum absolute atomic E-state index is 13.8. The summed E-state index contributed by atoms with van der Waals surface area (Å²) in [5.41, 5.74) is 0.0927. The molecule has 24 heavy (non-hydrogen) atoms. The number of rotatable bonds is 4. The molecule has 1 saturated heterocycles. The van der Waals surface area contributed by atoms with Crippen molar-refractivity contribution in [3.63, 3.8) is 0 Å². The minimum absolute atomic E-state index is 0.0927. The Morgan fingerprint density at radius 1 is 1.00 bits per heavy atom. The predicted molar refractivity (Wildman–Crippen MR) is 83.9 cm³/mol. The van der Waals surface area contributed by atoms with Crippen LogP contribution in [0.1, 0.15) is 6.42 Å². The van der Waals surface area contributed by atoms with Gasteiger partial charge < -0.3 is 4.90 Å². The first-order chi connectivity index (χ1) is 11.4. The van der Waals surface area contributed by atoms with E-state index in [0.29, 0.717) is 0 Å². The third kappa shape index (κ3) is 3.02. The highest BCUT2D eigenvalue weighted by molar-refractivity contribution is 7.89. The molecule has 2 aromatic carbocycles. The fourth-order valence-corrected chi connectivity index (χ4v) is 3.92. The largest absolute Gasteiger partial charge is 0.308 e. The fraction of sp³-hybridized carbons (Fsp3) is 0.188. The van der Waals surface area contributed by atoms with Gasteiger partial charge in [0, 0.05) is 6.54 Å². The monoisotopic (exact) mass is 352 g/mol. The Morgan fingerprint density at radius 2 is 1.62 bits per heavy atom. The number of benzene rings is 2. The highest BCUT2D eigenvalue weighted by Crippen LogP contribution is 2.25. The van der Waals surface area contributed by atoms with Crippen molar-refractivity contribution in [1.82, 2.24) is 4.72 Å². The van der Waals surface area contributed by atoms with Crippen molar-refractivity contribution in [2.75, 3.05) is 11.4 Å². The minimum Gasteiger partial charge on any atom is -0.308 e. The molecule has 0 radical (unpaired) electrons. The number of nitrogens with one attached hydrogen (secondary N) is 1. The van der Waals surface area contributed by atoms with Crippen LogP contribution in [0.3, 0.4) is 0 Å². The Kier molecular flexibility index (Phi) is 4.33. The SMILES string of the molecule is O=C1[C@@H](NS(=O)(=O)c2ccccc2F)CCN1c1ccccc1F. The first-order valence-electron chi connectivity index (χ1n) is 7.23. The molecule has 0 aliphatic carbocycles. The van der Waals surface area contributed by atoms with Crippen molar-refractivity contribution in [2.45, 2.75) is 17.4 Å². The standard InChI is InChI=1S/C16H14F2N2O3S/c17-11-5-1-3-7-14(11)20-10-9-13(16(20)21)19-24(22,23)15-8-4-2-6-12(15)18/h1-8,13,19H,9-10H2/t13-/m0/s1. The van der Waals surface area contributed by atoms with E-state index in [2.05, 4.69) is 4.72 Å². The van der Waals surface area contributed by atoms with Crippen LogP contribution in [0.5, 0.6) is 0 Å². The summed E-state index contributed by atoms with van der Waals surface area (Å²) in [5, 5.41) is 0. The van der Waals surface area contributed by atoms with Crippen molar-refractivity contribution in [3.8, 4) is 0 Å². The molecular formula is C16H14F2N2O3S. The van der Waals surface area contributed by atoms with E-state index < -0.39 is 38.5 Å². The molecule has 8 heteroatoms. The van der Waals surface area contributed by atoms with E-state index in [1.54, 1.807) is 6.07 Å². The van der Waals surface area contributed by atoms with Gasteiger partial charge in [0.15, 0.2) is 0 Å². The van der Waals surface area contributed by atoms with E-state index in [1.807, 2.05) is 0 Å². The highest BCUT2D eigenvalue weighted by Gasteiger charge is 2.37. The Hall–Kier alpha value is -2.32. The molecule has 1 aliphatic rings. The molecule has 0 bridgehead atoms. The maximum atomic E-state index is 13.8. The van der Waals surface area contributed by atoms with Gasteiger partial charge in [0.05, 0.1) is 5.69 Å². The lowest BCUT2D eigenvalue weighted by Gasteiger charge is -2.18. The van der Waals surface area contributed by atoms with Gasteiger partial charge in [0.2, 0.25) is 15.9 Å². The van der Waals surface area contributed by atoms with E-state index in [1.165, 1.54) is 35.2 Å². The Labute approximate surface area is 138 Å². The number of anilines is 1. The second-order valence-electron chi connectivity index (χ2n) is 5.33. The van der Waals surface area contributed by atoms with Gasteiger partial charge in [0.25, 0.3) is 0 Å². The van der Waals surface area contributed by atoms with Crippen LogP contribution >= 0.6 is 0 Å². The fourth-order valence-electron chi connectivity index (χ4n) is 2.61. The molecule has 1 atom stereocenters. The van der Waals surface area contributed by atoms with Gasteiger partial charge in [-0.05, 0) is 30.7 Å². The number of nitrogens with zero attached hydrogens (tertiary/aromatic N) is 1. The molecule has 0 aromatic heterocycles. The number of halogens is 2. The quantitative estimate of drug-likeness (QED) is 0.916. The number of amides is 1. The summed E-state index contributed by atoms with van der Waals surface area (Å²) < 4.78 is 54.2. The summed E-state index contributed by atoms with van der Waals surface area (Å²) >= 11 is 0. The van der Waals surface area contributed by atoms with Crippen LogP contribution in [0.4, 0.5) is 14.5 Å². The lowest BCUT2D eigenvalue weighted by Crippen LogP contribution is -2.41. The number of carbonyl (C=O) groups excluding carboxylic acids is 1. The second-order valence-corrected chi connectivity index (χ2v) is 7.02. The molecule has 0 unspecified atom stereocenters.